The van der Waals surface area contributed by atoms with Gasteiger partial charge in [-0.05, 0) is 19.1 Å². The second kappa shape index (κ2) is 8.00. The van der Waals surface area contributed by atoms with E-state index in [-0.39, 0.29) is 33.3 Å². The Labute approximate surface area is 182 Å². The Bertz CT molecular complexity index is 1310. The Morgan fingerprint density at radius 2 is 1.84 bits per heavy atom. The van der Waals surface area contributed by atoms with Crippen LogP contribution in [0.25, 0.3) is 16.9 Å². The Kier molecular flexibility index (Phi) is 5.34. The lowest BCUT2D eigenvalue weighted by molar-refractivity contribution is -0.136. The van der Waals surface area contributed by atoms with Crippen LogP contribution in [-0.2, 0) is 6.18 Å². The number of anilines is 1. The Morgan fingerprint density at radius 3 is 2.50 bits per heavy atom. The third-order valence-electron chi connectivity index (χ3n) is 4.44. The lowest BCUT2D eigenvalue weighted by Crippen LogP contribution is -2.17. The molecule has 1 atom stereocenters. The zero-order valence-electron chi connectivity index (χ0n) is 16.2. The molecule has 1 amide bonds. The number of carbonyl (C=O) groups excluding carboxylic acids is 1. The fraction of sp³-hybridized carbons (Fsp3) is 0.167. The van der Waals surface area contributed by atoms with Crippen molar-refractivity contribution in [1.29, 1.82) is 0 Å². The number of nitrogens with zero attached hydrogens (tertiary/aromatic N) is 7. The highest BCUT2D eigenvalue weighted by atomic mass is 35.5. The Hall–Kier alpha value is -3.87. The zero-order valence-corrected chi connectivity index (χ0v) is 16.9. The van der Waals surface area contributed by atoms with Crippen molar-refractivity contribution in [2.75, 3.05) is 5.32 Å². The summed E-state index contributed by atoms with van der Waals surface area (Å²) in [6, 6.07) is 1.56. The first kappa shape index (κ1) is 21.4. The Balaban J connectivity index is 1.70. The van der Waals surface area contributed by atoms with Crippen LogP contribution in [0.5, 0.6) is 0 Å². The van der Waals surface area contributed by atoms with E-state index in [1.807, 2.05) is 0 Å². The number of aromatic nitrogens is 7. The summed E-state index contributed by atoms with van der Waals surface area (Å²) in [6.45, 7) is 1.70. The molecule has 0 unspecified atom stereocenters. The average Bonchev–Trinajstić information content (AvgIpc) is 3.23. The van der Waals surface area contributed by atoms with Crippen molar-refractivity contribution in [3.63, 3.8) is 0 Å². The van der Waals surface area contributed by atoms with Crippen molar-refractivity contribution in [1.82, 2.24) is 34.7 Å². The molecule has 3 N–H and O–H groups in total. The van der Waals surface area contributed by atoms with Crippen LogP contribution in [0.1, 0.15) is 34.7 Å². The summed E-state index contributed by atoms with van der Waals surface area (Å²) < 4.78 is 41.6. The molecule has 164 valence electrons. The van der Waals surface area contributed by atoms with Crippen molar-refractivity contribution in [2.24, 2.45) is 5.73 Å². The molecule has 0 saturated heterocycles. The van der Waals surface area contributed by atoms with Crippen LogP contribution in [0.3, 0.4) is 0 Å². The van der Waals surface area contributed by atoms with E-state index in [2.05, 4.69) is 35.3 Å². The summed E-state index contributed by atoms with van der Waals surface area (Å²) >= 11 is 5.92. The SMILES string of the molecule is C[C@H](Nc1ncnc2c(C(F)(F)F)cc(Cl)cc12)c1ncnn1-c1ncc(C(N)=O)cn1. The standard InChI is InChI=1S/C18H13ClF3N9O/c1-8(16-28-7-29-31(16)17-24-4-9(5-25-17)14(23)32)30-15-11-2-10(19)3-12(18(20,21)22)13(11)26-6-27-15/h2-8H,1H3,(H2,23,32)(H,26,27,30)/t8-/m0/s1. The fourth-order valence-electron chi connectivity index (χ4n) is 2.99. The number of alkyl halides is 3. The van der Waals surface area contributed by atoms with Gasteiger partial charge in [0, 0.05) is 22.8 Å². The smallest absolute Gasteiger partial charge is 0.366 e. The number of hydrogen-bond donors (Lipinski definition) is 2. The summed E-state index contributed by atoms with van der Waals surface area (Å²) in [5.74, 6) is -0.110. The zero-order chi connectivity index (χ0) is 23.0. The van der Waals surface area contributed by atoms with Gasteiger partial charge in [0.1, 0.15) is 18.5 Å². The molecule has 0 aliphatic rings. The van der Waals surface area contributed by atoms with E-state index >= 15 is 0 Å². The first-order chi connectivity index (χ1) is 15.1. The molecule has 4 aromatic rings. The maximum atomic E-state index is 13.4. The first-order valence-corrected chi connectivity index (χ1v) is 9.33. The highest BCUT2D eigenvalue weighted by Crippen LogP contribution is 2.37. The minimum atomic E-state index is -4.64. The van der Waals surface area contributed by atoms with Crippen molar-refractivity contribution < 1.29 is 18.0 Å². The summed E-state index contributed by atoms with van der Waals surface area (Å²) in [7, 11) is 0. The van der Waals surface area contributed by atoms with Crippen LogP contribution < -0.4 is 11.1 Å². The molecule has 1 aromatic carbocycles. The number of benzene rings is 1. The van der Waals surface area contributed by atoms with Crippen LogP contribution in [0, 0.1) is 0 Å². The van der Waals surface area contributed by atoms with Gasteiger partial charge in [-0.1, -0.05) is 11.6 Å². The van der Waals surface area contributed by atoms with E-state index < -0.39 is 23.7 Å². The van der Waals surface area contributed by atoms with Gasteiger partial charge in [0.2, 0.25) is 0 Å². The molecule has 32 heavy (non-hydrogen) atoms. The predicted octanol–water partition coefficient (Wildman–Crippen LogP) is 2.94. The predicted molar refractivity (Wildman–Crippen MR) is 107 cm³/mol. The minimum absolute atomic E-state index is 0.0901. The van der Waals surface area contributed by atoms with Gasteiger partial charge in [-0.2, -0.15) is 23.0 Å². The maximum Gasteiger partial charge on any atom is 0.418 e. The summed E-state index contributed by atoms with van der Waals surface area (Å²) in [4.78, 5) is 31.3. The van der Waals surface area contributed by atoms with E-state index in [1.165, 1.54) is 29.5 Å². The number of fused-ring (bicyclic) bond motifs is 1. The van der Waals surface area contributed by atoms with Gasteiger partial charge in [0.05, 0.1) is 22.7 Å². The summed E-state index contributed by atoms with van der Waals surface area (Å²) in [5, 5.41) is 7.05. The third-order valence-corrected chi connectivity index (χ3v) is 4.65. The van der Waals surface area contributed by atoms with Gasteiger partial charge >= 0.3 is 6.18 Å². The number of nitrogens with one attached hydrogen (secondary N) is 1. The number of nitrogens with two attached hydrogens (primary N) is 1. The van der Waals surface area contributed by atoms with Gasteiger partial charge in [0.15, 0.2) is 5.82 Å². The lowest BCUT2D eigenvalue weighted by Gasteiger charge is -2.17. The van der Waals surface area contributed by atoms with Gasteiger partial charge in [-0.15, -0.1) is 0 Å². The van der Waals surface area contributed by atoms with Crippen molar-refractivity contribution >= 4 is 34.2 Å². The van der Waals surface area contributed by atoms with Gasteiger partial charge in [-0.25, -0.2) is 24.9 Å². The highest BCUT2D eigenvalue weighted by molar-refractivity contribution is 6.31. The van der Waals surface area contributed by atoms with E-state index in [0.717, 1.165) is 12.4 Å². The molecule has 10 nitrogen and oxygen atoms in total. The van der Waals surface area contributed by atoms with E-state index in [9.17, 15) is 18.0 Å². The number of rotatable bonds is 5. The second-order valence-corrected chi connectivity index (χ2v) is 7.04. The quantitative estimate of drug-likeness (QED) is 0.460. The van der Waals surface area contributed by atoms with Crippen LogP contribution in [0.4, 0.5) is 19.0 Å². The molecular weight excluding hydrogens is 451 g/mol. The Morgan fingerprint density at radius 1 is 1.12 bits per heavy atom. The van der Waals surface area contributed by atoms with Gasteiger partial charge < -0.3 is 11.1 Å². The molecule has 0 bridgehead atoms. The molecule has 0 fully saturated rings. The van der Waals surface area contributed by atoms with Crippen LogP contribution in [0.15, 0.2) is 37.2 Å². The largest absolute Gasteiger partial charge is 0.418 e. The molecule has 3 heterocycles. The van der Waals surface area contributed by atoms with Crippen LogP contribution >= 0.6 is 11.6 Å². The number of hydrogen-bond acceptors (Lipinski definition) is 8. The van der Waals surface area contributed by atoms with Gasteiger partial charge in [-0.3, -0.25) is 4.79 Å². The number of primary amides is 1. The highest BCUT2D eigenvalue weighted by Gasteiger charge is 2.34. The van der Waals surface area contributed by atoms with Crippen molar-refractivity contribution in [3.05, 3.63) is 59.2 Å². The van der Waals surface area contributed by atoms with Crippen LogP contribution in [0.2, 0.25) is 5.02 Å². The number of carbonyl (C=O) groups is 1. The molecule has 0 aliphatic carbocycles. The third kappa shape index (κ3) is 4.01. The molecular formula is C18H13ClF3N9O. The monoisotopic (exact) mass is 463 g/mol. The molecule has 3 aromatic heterocycles. The molecule has 4 rings (SSSR count). The maximum absolute atomic E-state index is 13.4. The molecule has 0 radical (unpaired) electrons. The van der Waals surface area contributed by atoms with E-state index in [1.54, 1.807) is 6.92 Å². The summed E-state index contributed by atoms with van der Waals surface area (Å²) in [6.07, 6.45) is 0.126. The minimum Gasteiger partial charge on any atom is -0.366 e. The van der Waals surface area contributed by atoms with Gasteiger partial charge in [0.25, 0.3) is 11.9 Å². The molecule has 14 heteroatoms. The average molecular weight is 464 g/mol. The normalized spacial score (nSPS) is 12.7. The molecule has 0 saturated carbocycles. The van der Waals surface area contributed by atoms with Crippen LogP contribution in [-0.4, -0.2) is 40.6 Å². The van der Waals surface area contributed by atoms with Crippen molar-refractivity contribution in [2.45, 2.75) is 19.1 Å². The number of amides is 1. The number of halogens is 4. The molecule has 0 aliphatic heterocycles. The van der Waals surface area contributed by atoms with E-state index in [0.29, 0.717) is 5.82 Å². The topological polar surface area (TPSA) is 137 Å². The van der Waals surface area contributed by atoms with E-state index in [4.69, 9.17) is 17.3 Å². The molecule has 0 spiro atoms. The fourth-order valence-corrected chi connectivity index (χ4v) is 3.21. The summed E-state index contributed by atoms with van der Waals surface area (Å²) in [5.41, 5.74) is 4.04. The second-order valence-electron chi connectivity index (χ2n) is 6.60. The lowest BCUT2D eigenvalue weighted by atomic mass is 10.1. The first-order valence-electron chi connectivity index (χ1n) is 8.95. The van der Waals surface area contributed by atoms with Crippen molar-refractivity contribution in [3.8, 4) is 5.95 Å².